The van der Waals surface area contributed by atoms with Crippen molar-refractivity contribution < 1.29 is 108 Å². The Kier molecular flexibility index (Phi) is 39.9. The normalized spacial score (nSPS) is 8.73. The molecule has 0 aliphatic rings. The molecule has 0 spiro atoms. The van der Waals surface area contributed by atoms with Gasteiger partial charge in [0, 0.05) is 0 Å². The number of rotatable bonds is 3. The molecule has 0 N–H and O–H groups in total. The standard InChI is InChI=1S/C6H15N.3Na.H3O4P/c1-4-7(5-2)6-3;;;;1-5(2,3)4/h4-6H2,1-3H3;;;;(H3,1,2,3,4)/q;3*+1;/p-3. The molecule has 0 aliphatic carbocycles. The van der Waals surface area contributed by atoms with Crippen LogP contribution in [0.3, 0.4) is 0 Å². The molecule has 0 saturated carbocycles. The Balaban J connectivity index is -0.0000000383. The van der Waals surface area contributed by atoms with Gasteiger partial charge in [0.25, 0.3) is 0 Å². The van der Waals surface area contributed by atoms with E-state index in [2.05, 4.69) is 25.7 Å². The average Bonchev–Trinajstić information content (AvgIpc) is 1.88. The molecule has 9 heteroatoms. The zero-order valence-corrected chi connectivity index (χ0v) is 17.5. The summed E-state index contributed by atoms with van der Waals surface area (Å²) in [6.07, 6.45) is 0. The molecule has 0 rings (SSSR count). The third kappa shape index (κ3) is 47.1. The molecule has 15 heavy (non-hydrogen) atoms. The average molecular weight is 265 g/mol. The molecule has 0 aromatic carbocycles. The fourth-order valence-electron chi connectivity index (χ4n) is 0.671. The van der Waals surface area contributed by atoms with Crippen molar-refractivity contribution in [1.29, 1.82) is 0 Å². The van der Waals surface area contributed by atoms with Crippen LogP contribution in [0.25, 0.3) is 0 Å². The third-order valence-electron chi connectivity index (χ3n) is 1.34. The summed E-state index contributed by atoms with van der Waals surface area (Å²) < 4.78 is 8.55. The summed E-state index contributed by atoms with van der Waals surface area (Å²) in [7, 11) is -5.39. The Labute approximate surface area is 159 Å². The van der Waals surface area contributed by atoms with Gasteiger partial charge in [0.2, 0.25) is 0 Å². The van der Waals surface area contributed by atoms with E-state index in [4.69, 9.17) is 19.2 Å². The quantitative estimate of drug-likeness (QED) is 0.373. The van der Waals surface area contributed by atoms with Crippen LogP contribution in [0, 0.1) is 0 Å². The van der Waals surface area contributed by atoms with Crippen LogP contribution in [0.15, 0.2) is 0 Å². The Hall–Kier alpha value is 3.07. The molecular formula is C6H15NNa3O4P. The van der Waals surface area contributed by atoms with E-state index in [1.165, 1.54) is 19.6 Å². The van der Waals surface area contributed by atoms with Gasteiger partial charge in [0.1, 0.15) is 0 Å². The maximum Gasteiger partial charge on any atom is 1.00 e. The van der Waals surface area contributed by atoms with Gasteiger partial charge in [-0.2, -0.15) is 7.82 Å². The van der Waals surface area contributed by atoms with Crippen LogP contribution in [0.4, 0.5) is 0 Å². The van der Waals surface area contributed by atoms with Crippen LogP contribution >= 0.6 is 7.82 Å². The zero-order valence-electron chi connectivity index (χ0n) is 10.6. The van der Waals surface area contributed by atoms with E-state index < -0.39 is 7.82 Å². The van der Waals surface area contributed by atoms with Crippen LogP contribution in [0.2, 0.25) is 0 Å². The Morgan fingerprint density at radius 3 is 1.00 bits per heavy atom. The first-order valence-corrected chi connectivity index (χ1v) is 5.26. The maximum absolute atomic E-state index is 8.55. The van der Waals surface area contributed by atoms with Crippen LogP contribution in [0.5, 0.6) is 0 Å². The Morgan fingerprint density at radius 1 is 0.867 bits per heavy atom. The van der Waals surface area contributed by atoms with E-state index in [0.29, 0.717) is 0 Å². The predicted octanol–water partition coefficient (Wildman–Crippen LogP) is -10.5. The van der Waals surface area contributed by atoms with Gasteiger partial charge in [-0.25, -0.2) is 0 Å². The summed E-state index contributed by atoms with van der Waals surface area (Å²) >= 11 is 0. The van der Waals surface area contributed by atoms with E-state index in [-0.39, 0.29) is 88.7 Å². The maximum atomic E-state index is 8.55. The van der Waals surface area contributed by atoms with Crippen molar-refractivity contribution in [2.75, 3.05) is 19.6 Å². The number of hydrogen-bond donors (Lipinski definition) is 0. The molecule has 0 saturated heterocycles. The van der Waals surface area contributed by atoms with E-state index in [1.54, 1.807) is 0 Å². The summed E-state index contributed by atoms with van der Waals surface area (Å²) in [6, 6.07) is 0. The van der Waals surface area contributed by atoms with Gasteiger partial charge in [-0.15, -0.1) is 0 Å². The first-order valence-electron chi connectivity index (χ1n) is 3.80. The van der Waals surface area contributed by atoms with Crippen molar-refractivity contribution in [2.24, 2.45) is 0 Å². The number of phosphoric acid groups is 1. The molecule has 5 nitrogen and oxygen atoms in total. The summed E-state index contributed by atoms with van der Waals surface area (Å²) in [5.74, 6) is 0. The third-order valence-corrected chi connectivity index (χ3v) is 1.34. The summed E-state index contributed by atoms with van der Waals surface area (Å²) in [6.45, 7) is 10.1. The van der Waals surface area contributed by atoms with E-state index in [0.717, 1.165) is 0 Å². The first kappa shape index (κ1) is 30.8. The number of nitrogens with zero attached hydrogens (tertiary/aromatic N) is 1. The topological polar surface area (TPSA) is 89.5 Å². The van der Waals surface area contributed by atoms with Crippen LogP contribution < -0.4 is 103 Å². The minimum absolute atomic E-state index is 0. The molecule has 0 unspecified atom stereocenters. The van der Waals surface area contributed by atoms with Gasteiger partial charge >= 0.3 is 88.7 Å². The van der Waals surface area contributed by atoms with E-state index in [1.807, 2.05) is 0 Å². The van der Waals surface area contributed by atoms with Gasteiger partial charge in [-0.3, -0.25) is 0 Å². The van der Waals surface area contributed by atoms with Crippen molar-refractivity contribution in [2.45, 2.75) is 20.8 Å². The fourth-order valence-corrected chi connectivity index (χ4v) is 0.671. The fraction of sp³-hybridized carbons (Fsp3) is 1.00. The van der Waals surface area contributed by atoms with E-state index in [9.17, 15) is 0 Å². The Bertz CT molecular complexity index is 129. The van der Waals surface area contributed by atoms with Crippen LogP contribution in [-0.2, 0) is 4.57 Å². The largest absolute Gasteiger partial charge is 1.00 e. The molecule has 76 valence electrons. The minimum atomic E-state index is -5.39. The minimum Gasteiger partial charge on any atom is -0.822 e. The second kappa shape index (κ2) is 19.4. The van der Waals surface area contributed by atoms with Gasteiger partial charge in [0.15, 0.2) is 0 Å². The monoisotopic (exact) mass is 265 g/mol. The van der Waals surface area contributed by atoms with Gasteiger partial charge < -0.3 is 24.1 Å². The summed E-state index contributed by atoms with van der Waals surface area (Å²) in [5, 5.41) is 0. The summed E-state index contributed by atoms with van der Waals surface area (Å²) in [4.78, 5) is 28.0. The second-order valence-electron chi connectivity index (χ2n) is 2.07. The van der Waals surface area contributed by atoms with Crippen molar-refractivity contribution in [3.8, 4) is 0 Å². The summed E-state index contributed by atoms with van der Waals surface area (Å²) in [5.41, 5.74) is 0. The van der Waals surface area contributed by atoms with Crippen molar-refractivity contribution in [3.05, 3.63) is 0 Å². The molecule has 0 aromatic rings. The smallest absolute Gasteiger partial charge is 0.822 e. The van der Waals surface area contributed by atoms with Crippen molar-refractivity contribution in [1.82, 2.24) is 4.90 Å². The van der Waals surface area contributed by atoms with Crippen LogP contribution in [0.1, 0.15) is 20.8 Å². The molecule has 0 radical (unpaired) electrons. The molecule has 0 bridgehead atoms. The molecule has 0 amide bonds. The molecule has 0 fully saturated rings. The van der Waals surface area contributed by atoms with Crippen LogP contribution in [-0.4, -0.2) is 24.5 Å². The SMILES string of the molecule is CCN(CC)CC.O=P([O-])([O-])[O-].[Na+].[Na+].[Na+]. The van der Waals surface area contributed by atoms with Gasteiger partial charge in [-0.1, -0.05) is 20.8 Å². The Morgan fingerprint density at radius 2 is 1.00 bits per heavy atom. The molecule has 0 heterocycles. The number of hydrogen-bond acceptors (Lipinski definition) is 5. The zero-order chi connectivity index (χ0) is 10.2. The second-order valence-corrected chi connectivity index (χ2v) is 2.96. The molecule has 0 aliphatic heterocycles. The predicted molar refractivity (Wildman–Crippen MR) is 41.1 cm³/mol. The van der Waals surface area contributed by atoms with Crippen molar-refractivity contribution >= 4 is 7.82 Å². The molecular weight excluding hydrogens is 250 g/mol. The molecule has 0 aromatic heterocycles. The van der Waals surface area contributed by atoms with Gasteiger partial charge in [0.05, 0.1) is 0 Å². The first-order chi connectivity index (χ1) is 5.35. The van der Waals surface area contributed by atoms with Gasteiger partial charge in [-0.05, 0) is 19.6 Å². The van der Waals surface area contributed by atoms with E-state index >= 15 is 0 Å². The molecule has 0 atom stereocenters. The van der Waals surface area contributed by atoms with Crippen molar-refractivity contribution in [3.63, 3.8) is 0 Å².